The van der Waals surface area contributed by atoms with Gasteiger partial charge in [0, 0.05) is 49.6 Å². The fraction of sp³-hybridized carbons (Fsp3) is 0.371. The monoisotopic (exact) mass is 653 g/mol. The van der Waals surface area contributed by atoms with Crippen LogP contribution < -0.4 is 14.8 Å². The first-order valence-electron chi connectivity index (χ1n) is 15.6. The Morgan fingerprint density at radius 1 is 0.915 bits per heavy atom. The Hall–Kier alpha value is -4.58. The third-order valence-electron chi connectivity index (χ3n) is 8.55. The van der Waals surface area contributed by atoms with Gasteiger partial charge in [0.1, 0.15) is 23.2 Å². The molecule has 12 heteroatoms. The molecule has 3 aromatic carbocycles. The zero-order valence-corrected chi connectivity index (χ0v) is 25.8. The predicted octanol–water partition coefficient (Wildman–Crippen LogP) is 6.67. The fourth-order valence-electron chi connectivity index (χ4n) is 6.01. The molecule has 6 rings (SSSR count). The van der Waals surface area contributed by atoms with Gasteiger partial charge in [-0.25, -0.2) is 4.39 Å². The van der Waals surface area contributed by atoms with Crippen molar-refractivity contribution in [1.82, 2.24) is 15.1 Å². The number of alkyl halides is 4. The van der Waals surface area contributed by atoms with Crippen LogP contribution in [0.2, 0.25) is 0 Å². The molecule has 0 radical (unpaired) electrons. The van der Waals surface area contributed by atoms with E-state index in [-0.39, 0.29) is 35.9 Å². The molecule has 2 saturated heterocycles. The van der Waals surface area contributed by atoms with Crippen molar-refractivity contribution in [3.05, 3.63) is 95.2 Å². The van der Waals surface area contributed by atoms with Crippen LogP contribution in [0.3, 0.4) is 0 Å². The molecular formula is C35H35F4N3O5. The molecule has 0 unspecified atom stereocenters. The van der Waals surface area contributed by atoms with Gasteiger partial charge in [-0.2, -0.15) is 0 Å². The normalized spacial score (nSPS) is 19.5. The number of nitrogens with one attached hydrogen (secondary N) is 1. The van der Waals surface area contributed by atoms with Gasteiger partial charge in [0.2, 0.25) is 0 Å². The number of halogens is 4. The summed E-state index contributed by atoms with van der Waals surface area (Å²) in [4.78, 5) is 29.9. The van der Waals surface area contributed by atoms with Gasteiger partial charge in [0.25, 0.3) is 11.8 Å². The van der Waals surface area contributed by atoms with Gasteiger partial charge >= 0.3 is 6.36 Å². The number of ether oxygens (including phenoxy) is 2. The van der Waals surface area contributed by atoms with E-state index in [1.54, 1.807) is 36.4 Å². The number of rotatable bonds is 8. The van der Waals surface area contributed by atoms with Gasteiger partial charge in [-0.05, 0) is 73.9 Å². The van der Waals surface area contributed by atoms with Crippen LogP contribution in [0.15, 0.2) is 77.2 Å². The minimum Gasteiger partial charge on any atom is -0.487 e. The number of fused-ring (bicyclic) bond motifs is 1. The molecule has 47 heavy (non-hydrogen) atoms. The van der Waals surface area contributed by atoms with E-state index in [0.717, 1.165) is 11.1 Å². The van der Waals surface area contributed by atoms with Gasteiger partial charge in [-0.15, -0.1) is 13.2 Å². The second-order valence-electron chi connectivity index (χ2n) is 12.1. The summed E-state index contributed by atoms with van der Waals surface area (Å²) in [5.41, 5.74) is 2.79. The number of benzene rings is 3. The molecule has 2 fully saturated rings. The van der Waals surface area contributed by atoms with Crippen LogP contribution in [0, 0.1) is 6.92 Å². The van der Waals surface area contributed by atoms with Crippen molar-refractivity contribution in [3.8, 4) is 11.5 Å². The van der Waals surface area contributed by atoms with E-state index in [1.807, 2.05) is 31.2 Å². The van der Waals surface area contributed by atoms with Crippen molar-refractivity contribution in [2.45, 2.75) is 57.4 Å². The number of hydrogen-bond acceptors (Lipinski definition) is 6. The number of aryl methyl sites for hydroxylation is 1. The van der Waals surface area contributed by atoms with Crippen LogP contribution in [0.5, 0.6) is 11.5 Å². The summed E-state index contributed by atoms with van der Waals surface area (Å²) in [6, 6.07) is 19.7. The number of amides is 2. The molecule has 8 nitrogen and oxygen atoms in total. The maximum atomic E-state index is 15.0. The van der Waals surface area contributed by atoms with Crippen molar-refractivity contribution in [1.29, 1.82) is 0 Å². The maximum Gasteiger partial charge on any atom is 0.573 e. The SMILES string of the molecule is Cc1ccc(O[C@H]2CCN(C(=O)c3ccc4oc(C(=O)NC5CCN(Cc6ccc(OC(F)(F)F)cc6)CC5)cc4c3)C[C@@H]2F)cc1. The zero-order valence-electron chi connectivity index (χ0n) is 25.8. The first-order valence-corrected chi connectivity index (χ1v) is 15.6. The van der Waals surface area contributed by atoms with Crippen LogP contribution in [0.25, 0.3) is 11.0 Å². The quantitative estimate of drug-likeness (QED) is 0.214. The topological polar surface area (TPSA) is 84.2 Å². The van der Waals surface area contributed by atoms with E-state index in [4.69, 9.17) is 9.15 Å². The first-order chi connectivity index (χ1) is 22.5. The van der Waals surface area contributed by atoms with Crippen molar-refractivity contribution >= 4 is 22.8 Å². The number of piperidine rings is 2. The number of likely N-dealkylation sites (tertiary alicyclic amines) is 2. The largest absolute Gasteiger partial charge is 0.573 e. The summed E-state index contributed by atoms with van der Waals surface area (Å²) in [7, 11) is 0. The second kappa shape index (κ2) is 13.6. The summed E-state index contributed by atoms with van der Waals surface area (Å²) >= 11 is 0. The maximum absolute atomic E-state index is 15.0. The number of carbonyl (C=O) groups excluding carboxylic acids is 2. The predicted molar refractivity (Wildman–Crippen MR) is 166 cm³/mol. The van der Waals surface area contributed by atoms with E-state index in [9.17, 15) is 22.8 Å². The molecule has 0 aliphatic carbocycles. The van der Waals surface area contributed by atoms with E-state index < -0.39 is 18.6 Å². The van der Waals surface area contributed by atoms with E-state index >= 15 is 4.39 Å². The number of furan rings is 1. The lowest BCUT2D eigenvalue weighted by Gasteiger charge is -2.34. The van der Waals surface area contributed by atoms with Crippen molar-refractivity contribution < 1.29 is 41.0 Å². The molecule has 0 spiro atoms. The van der Waals surface area contributed by atoms with E-state index in [1.165, 1.54) is 17.0 Å². The minimum atomic E-state index is -4.73. The average molecular weight is 654 g/mol. The highest BCUT2D eigenvalue weighted by Gasteiger charge is 2.34. The summed E-state index contributed by atoms with van der Waals surface area (Å²) in [6.45, 7) is 4.22. The molecule has 1 N–H and O–H groups in total. The van der Waals surface area contributed by atoms with Crippen LogP contribution >= 0.6 is 0 Å². The standard InChI is InChI=1S/C35H35F4N3O5/c1-22-2-7-27(8-3-22)45-31-14-17-42(21-29(31)36)34(44)24-6-11-30-25(18-24)19-32(46-30)33(43)40-26-12-15-41(16-13-26)20-23-4-9-28(10-5-23)47-35(37,38)39/h2-11,18-19,26,29,31H,12-17,20-21H2,1H3,(H,40,43)/t29-,31-/m0/s1. The minimum absolute atomic E-state index is 0.0711. The number of carbonyl (C=O) groups is 2. The van der Waals surface area contributed by atoms with Crippen molar-refractivity contribution in [2.24, 2.45) is 0 Å². The zero-order chi connectivity index (χ0) is 33.1. The summed E-state index contributed by atoms with van der Waals surface area (Å²) in [5, 5.41) is 3.61. The Labute approximate surface area is 269 Å². The molecule has 0 bridgehead atoms. The summed E-state index contributed by atoms with van der Waals surface area (Å²) < 4.78 is 67.8. The molecule has 2 atom stereocenters. The average Bonchev–Trinajstić information content (AvgIpc) is 3.48. The van der Waals surface area contributed by atoms with Crippen molar-refractivity contribution in [3.63, 3.8) is 0 Å². The van der Waals surface area contributed by atoms with Gasteiger partial charge in [-0.1, -0.05) is 29.8 Å². The Kier molecular flexibility index (Phi) is 9.40. The van der Waals surface area contributed by atoms with Crippen molar-refractivity contribution in [2.75, 3.05) is 26.2 Å². The third kappa shape index (κ3) is 8.23. The third-order valence-corrected chi connectivity index (χ3v) is 8.55. The fourth-order valence-corrected chi connectivity index (χ4v) is 6.01. The lowest BCUT2D eigenvalue weighted by Crippen LogP contribution is -2.49. The lowest BCUT2D eigenvalue weighted by molar-refractivity contribution is -0.274. The van der Waals surface area contributed by atoms with Crippen LogP contribution in [-0.2, 0) is 6.54 Å². The molecule has 248 valence electrons. The van der Waals surface area contributed by atoms with Gasteiger partial charge in [0.05, 0.1) is 6.54 Å². The lowest BCUT2D eigenvalue weighted by atomic mass is 10.0. The van der Waals surface area contributed by atoms with Gasteiger partial charge in [-0.3, -0.25) is 14.5 Å². The molecular weight excluding hydrogens is 618 g/mol. The van der Waals surface area contributed by atoms with Crippen LogP contribution in [0.4, 0.5) is 17.6 Å². The number of hydrogen-bond donors (Lipinski definition) is 1. The first kappa shape index (κ1) is 32.4. The van der Waals surface area contributed by atoms with Gasteiger partial charge < -0.3 is 24.1 Å². The molecule has 0 saturated carbocycles. The highest BCUT2D eigenvalue weighted by molar-refractivity contribution is 6.00. The Bertz CT molecular complexity index is 1700. The molecule has 1 aromatic heterocycles. The van der Waals surface area contributed by atoms with E-state index in [2.05, 4.69) is 15.0 Å². The second-order valence-corrected chi connectivity index (χ2v) is 12.1. The molecule has 2 aliphatic rings. The summed E-state index contributed by atoms with van der Waals surface area (Å²) in [6.07, 6.45) is -4.93. The van der Waals surface area contributed by atoms with Gasteiger partial charge in [0.15, 0.2) is 11.9 Å². The molecule has 4 aromatic rings. The molecule has 3 heterocycles. The molecule has 2 aliphatic heterocycles. The Morgan fingerprint density at radius 2 is 1.62 bits per heavy atom. The smallest absolute Gasteiger partial charge is 0.487 e. The molecule has 2 amide bonds. The van der Waals surface area contributed by atoms with Crippen LogP contribution in [-0.4, -0.2) is 72.5 Å². The van der Waals surface area contributed by atoms with Crippen LogP contribution in [0.1, 0.15) is 51.3 Å². The Balaban J connectivity index is 0.988. The highest BCUT2D eigenvalue weighted by Crippen LogP contribution is 2.27. The van der Waals surface area contributed by atoms with E-state index in [0.29, 0.717) is 67.7 Å². The highest BCUT2D eigenvalue weighted by atomic mass is 19.4. The Morgan fingerprint density at radius 3 is 2.30 bits per heavy atom. The number of nitrogens with zero attached hydrogens (tertiary/aromatic N) is 2. The summed E-state index contributed by atoms with van der Waals surface area (Å²) in [5.74, 6) is -0.182.